The SMILES string of the molecule is O=S(=O)(Nc1ccccc1Cl)c1ccc(C23CC4CC(CC(C4)C2)C3)cc1. The lowest BCUT2D eigenvalue weighted by molar-refractivity contribution is -0.00521. The van der Waals surface area contributed by atoms with Gasteiger partial charge >= 0.3 is 0 Å². The molecule has 0 atom stereocenters. The summed E-state index contributed by atoms with van der Waals surface area (Å²) >= 11 is 6.09. The lowest BCUT2D eigenvalue weighted by Crippen LogP contribution is -2.48. The molecule has 6 rings (SSSR count). The van der Waals surface area contributed by atoms with Gasteiger partial charge in [0.05, 0.1) is 15.6 Å². The van der Waals surface area contributed by atoms with Crippen molar-refractivity contribution in [3.63, 3.8) is 0 Å². The molecule has 2 aromatic carbocycles. The molecule has 3 nitrogen and oxygen atoms in total. The predicted molar refractivity (Wildman–Crippen MR) is 109 cm³/mol. The highest BCUT2D eigenvalue weighted by Crippen LogP contribution is 2.60. The number of sulfonamides is 1. The Morgan fingerprint density at radius 3 is 1.96 bits per heavy atom. The summed E-state index contributed by atoms with van der Waals surface area (Å²) in [6.07, 6.45) is 8.07. The second-order valence-corrected chi connectivity index (χ2v) is 10.9. The molecule has 4 saturated carbocycles. The number of hydrogen-bond donors (Lipinski definition) is 1. The van der Waals surface area contributed by atoms with Crippen LogP contribution >= 0.6 is 11.6 Å². The van der Waals surface area contributed by atoms with Crippen LogP contribution in [0.4, 0.5) is 5.69 Å². The van der Waals surface area contributed by atoms with Gasteiger partial charge in [0, 0.05) is 0 Å². The Hall–Kier alpha value is -1.52. The second kappa shape index (κ2) is 6.25. The van der Waals surface area contributed by atoms with E-state index in [2.05, 4.69) is 4.72 Å². The van der Waals surface area contributed by atoms with Crippen LogP contribution in [0.5, 0.6) is 0 Å². The fourth-order valence-electron chi connectivity index (χ4n) is 6.20. The van der Waals surface area contributed by atoms with E-state index in [1.54, 1.807) is 36.4 Å². The van der Waals surface area contributed by atoms with E-state index in [0.717, 1.165) is 17.8 Å². The maximum absolute atomic E-state index is 12.7. The minimum atomic E-state index is -3.64. The normalized spacial score (nSPS) is 31.8. The topological polar surface area (TPSA) is 46.2 Å². The number of hydrogen-bond acceptors (Lipinski definition) is 2. The van der Waals surface area contributed by atoms with Crippen LogP contribution in [0.25, 0.3) is 0 Å². The molecule has 0 spiro atoms. The van der Waals surface area contributed by atoms with Gasteiger partial charge in [0.25, 0.3) is 10.0 Å². The van der Waals surface area contributed by atoms with Crippen molar-refractivity contribution in [3.05, 3.63) is 59.1 Å². The minimum absolute atomic E-state index is 0.285. The van der Waals surface area contributed by atoms with Gasteiger partial charge in [-0.15, -0.1) is 0 Å². The van der Waals surface area contributed by atoms with Crippen molar-refractivity contribution in [2.45, 2.75) is 48.8 Å². The van der Waals surface area contributed by atoms with Crippen molar-refractivity contribution >= 4 is 27.3 Å². The van der Waals surface area contributed by atoms with Gasteiger partial charge in [-0.05, 0) is 91.5 Å². The highest BCUT2D eigenvalue weighted by molar-refractivity contribution is 7.92. The zero-order valence-electron chi connectivity index (χ0n) is 15.2. The van der Waals surface area contributed by atoms with Crippen LogP contribution < -0.4 is 4.72 Å². The molecule has 2 aromatic rings. The molecule has 0 aliphatic heterocycles. The van der Waals surface area contributed by atoms with E-state index in [-0.39, 0.29) is 10.3 Å². The molecule has 1 N–H and O–H groups in total. The minimum Gasteiger partial charge on any atom is -0.278 e. The summed E-state index contributed by atoms with van der Waals surface area (Å²) in [5.74, 6) is 2.63. The molecule has 142 valence electrons. The van der Waals surface area contributed by atoms with Crippen LogP contribution in [0.2, 0.25) is 5.02 Å². The lowest BCUT2D eigenvalue weighted by Gasteiger charge is -2.57. The average molecular weight is 402 g/mol. The van der Waals surface area contributed by atoms with Crippen molar-refractivity contribution in [1.29, 1.82) is 0 Å². The van der Waals surface area contributed by atoms with Crippen LogP contribution in [-0.4, -0.2) is 8.42 Å². The molecule has 4 fully saturated rings. The predicted octanol–water partition coefficient (Wildman–Crippen LogP) is 5.61. The van der Waals surface area contributed by atoms with E-state index in [1.165, 1.54) is 44.1 Å². The Bertz CT molecular complexity index is 933. The highest BCUT2D eigenvalue weighted by atomic mass is 35.5. The Labute approximate surface area is 166 Å². The number of anilines is 1. The molecule has 0 aromatic heterocycles. The Morgan fingerprint density at radius 1 is 0.852 bits per heavy atom. The summed E-state index contributed by atoms with van der Waals surface area (Å²) < 4.78 is 28.1. The summed E-state index contributed by atoms with van der Waals surface area (Å²) in [4.78, 5) is 0.288. The van der Waals surface area contributed by atoms with Gasteiger partial charge in [-0.1, -0.05) is 35.9 Å². The number of nitrogens with one attached hydrogen (secondary N) is 1. The zero-order chi connectivity index (χ0) is 18.6. The molecule has 4 aliphatic rings. The van der Waals surface area contributed by atoms with Crippen LogP contribution in [-0.2, 0) is 15.4 Å². The van der Waals surface area contributed by atoms with Crippen molar-refractivity contribution < 1.29 is 8.42 Å². The third-order valence-corrected chi connectivity index (χ3v) is 8.64. The van der Waals surface area contributed by atoms with Crippen LogP contribution in [0.1, 0.15) is 44.1 Å². The first-order valence-corrected chi connectivity index (χ1v) is 11.7. The summed E-state index contributed by atoms with van der Waals surface area (Å²) in [6, 6.07) is 14.5. The van der Waals surface area contributed by atoms with Crippen molar-refractivity contribution in [1.82, 2.24) is 0 Å². The van der Waals surface area contributed by atoms with E-state index in [1.807, 2.05) is 12.1 Å². The number of rotatable bonds is 4. The summed E-state index contributed by atoms with van der Waals surface area (Å²) in [5.41, 5.74) is 2.02. The Morgan fingerprint density at radius 2 is 1.41 bits per heavy atom. The van der Waals surface area contributed by atoms with Gasteiger partial charge in [-0.2, -0.15) is 0 Å². The maximum atomic E-state index is 12.7. The van der Waals surface area contributed by atoms with Gasteiger partial charge < -0.3 is 0 Å². The molecular formula is C22H24ClNO2S. The molecule has 4 aliphatic carbocycles. The molecule has 0 heterocycles. The summed E-state index contributed by atoms with van der Waals surface area (Å²) in [6.45, 7) is 0. The zero-order valence-corrected chi connectivity index (χ0v) is 16.8. The third-order valence-electron chi connectivity index (χ3n) is 6.93. The van der Waals surface area contributed by atoms with Gasteiger partial charge in [-0.25, -0.2) is 8.42 Å². The molecule has 4 bridgehead atoms. The van der Waals surface area contributed by atoms with Crippen molar-refractivity contribution in [2.75, 3.05) is 4.72 Å². The third kappa shape index (κ3) is 3.07. The van der Waals surface area contributed by atoms with E-state index in [9.17, 15) is 8.42 Å². The Kier molecular flexibility index (Phi) is 4.07. The first-order valence-electron chi connectivity index (χ1n) is 9.81. The van der Waals surface area contributed by atoms with Gasteiger partial charge in [0.15, 0.2) is 0 Å². The highest BCUT2D eigenvalue weighted by Gasteiger charge is 2.51. The quantitative estimate of drug-likeness (QED) is 0.723. The molecule has 0 saturated heterocycles. The average Bonchev–Trinajstić information content (AvgIpc) is 2.63. The van der Waals surface area contributed by atoms with E-state index >= 15 is 0 Å². The van der Waals surface area contributed by atoms with Crippen molar-refractivity contribution in [3.8, 4) is 0 Å². The Balaban J connectivity index is 1.41. The monoisotopic (exact) mass is 401 g/mol. The van der Waals surface area contributed by atoms with Crippen molar-refractivity contribution in [2.24, 2.45) is 17.8 Å². The number of benzene rings is 2. The smallest absolute Gasteiger partial charge is 0.261 e. The summed E-state index contributed by atoms with van der Waals surface area (Å²) in [5, 5.41) is 0.395. The van der Waals surface area contributed by atoms with Crippen LogP contribution in [0, 0.1) is 17.8 Å². The van der Waals surface area contributed by atoms with Gasteiger partial charge in [-0.3, -0.25) is 4.72 Å². The standard InChI is InChI=1S/C22H24ClNO2S/c23-20-3-1-2-4-21(20)24-27(25,26)19-7-5-18(6-8-19)22-12-15-9-16(13-22)11-17(10-15)14-22/h1-8,15-17,24H,9-14H2. The number of halogens is 1. The lowest BCUT2D eigenvalue weighted by atomic mass is 9.48. The van der Waals surface area contributed by atoms with E-state index in [0.29, 0.717) is 10.7 Å². The van der Waals surface area contributed by atoms with Crippen LogP contribution in [0.15, 0.2) is 53.4 Å². The first-order chi connectivity index (χ1) is 12.9. The van der Waals surface area contributed by atoms with E-state index < -0.39 is 10.0 Å². The fraction of sp³-hybridized carbons (Fsp3) is 0.455. The summed E-state index contributed by atoms with van der Waals surface area (Å²) in [7, 11) is -3.64. The number of para-hydroxylation sites is 1. The van der Waals surface area contributed by atoms with Gasteiger partial charge in [0.2, 0.25) is 0 Å². The second-order valence-electron chi connectivity index (χ2n) is 8.81. The molecule has 0 amide bonds. The largest absolute Gasteiger partial charge is 0.278 e. The molecule has 0 unspecified atom stereocenters. The first kappa shape index (κ1) is 17.6. The fourth-order valence-corrected chi connectivity index (χ4v) is 7.52. The molecule has 0 radical (unpaired) electrons. The molecule has 5 heteroatoms. The van der Waals surface area contributed by atoms with E-state index in [4.69, 9.17) is 11.6 Å². The molecule has 27 heavy (non-hydrogen) atoms. The van der Waals surface area contributed by atoms with Gasteiger partial charge in [0.1, 0.15) is 0 Å². The molecular weight excluding hydrogens is 378 g/mol. The van der Waals surface area contributed by atoms with Crippen LogP contribution in [0.3, 0.4) is 0 Å². The maximum Gasteiger partial charge on any atom is 0.261 e.